The Bertz CT molecular complexity index is 435. The Kier molecular flexibility index (Phi) is 4.14. The third kappa shape index (κ3) is 2.48. The zero-order valence-corrected chi connectivity index (χ0v) is 12.2. The van der Waals surface area contributed by atoms with Gasteiger partial charge in [-0.05, 0) is 43.2 Å². The van der Waals surface area contributed by atoms with E-state index in [0.717, 1.165) is 18.8 Å². The average molecular weight is 264 g/mol. The fraction of sp³-hybridized carbons (Fsp3) is 0.625. The largest absolute Gasteiger partial charge is 0.365 e. The van der Waals surface area contributed by atoms with Gasteiger partial charge in [0.1, 0.15) is 5.82 Å². The Morgan fingerprint density at radius 1 is 1.37 bits per heavy atom. The SMILES string of the molecule is CC1CCC(CN)(N(C)c2ccccc2F)C(C)C1. The summed E-state index contributed by atoms with van der Waals surface area (Å²) in [6, 6.07) is 6.98. The van der Waals surface area contributed by atoms with E-state index < -0.39 is 0 Å². The van der Waals surface area contributed by atoms with E-state index in [1.54, 1.807) is 6.07 Å². The van der Waals surface area contributed by atoms with Crippen molar-refractivity contribution in [3.05, 3.63) is 30.1 Å². The molecule has 1 aliphatic rings. The summed E-state index contributed by atoms with van der Waals surface area (Å²) in [6.07, 6.45) is 3.37. The van der Waals surface area contributed by atoms with Gasteiger partial charge in [-0.25, -0.2) is 4.39 Å². The summed E-state index contributed by atoms with van der Waals surface area (Å²) in [5.41, 5.74) is 6.64. The Labute approximate surface area is 115 Å². The van der Waals surface area contributed by atoms with Gasteiger partial charge in [0, 0.05) is 13.6 Å². The molecule has 3 heteroatoms. The Morgan fingerprint density at radius 3 is 2.63 bits per heavy atom. The van der Waals surface area contributed by atoms with E-state index in [1.807, 2.05) is 19.2 Å². The molecule has 0 aliphatic heterocycles. The summed E-state index contributed by atoms with van der Waals surface area (Å²) in [4.78, 5) is 2.08. The molecule has 19 heavy (non-hydrogen) atoms. The molecule has 1 fully saturated rings. The van der Waals surface area contributed by atoms with Crippen molar-refractivity contribution in [1.82, 2.24) is 0 Å². The van der Waals surface area contributed by atoms with Crippen LogP contribution in [0.25, 0.3) is 0 Å². The molecule has 2 nitrogen and oxygen atoms in total. The molecule has 2 N–H and O–H groups in total. The van der Waals surface area contributed by atoms with Crippen molar-refractivity contribution in [2.75, 3.05) is 18.5 Å². The molecule has 0 aromatic heterocycles. The van der Waals surface area contributed by atoms with Gasteiger partial charge in [0.05, 0.1) is 11.2 Å². The summed E-state index contributed by atoms with van der Waals surface area (Å²) in [7, 11) is 1.98. The molecule has 2 rings (SSSR count). The van der Waals surface area contributed by atoms with Crippen molar-refractivity contribution in [1.29, 1.82) is 0 Å². The molecule has 0 bridgehead atoms. The summed E-state index contributed by atoms with van der Waals surface area (Å²) < 4.78 is 14.0. The molecule has 1 aliphatic carbocycles. The molecule has 0 radical (unpaired) electrons. The van der Waals surface area contributed by atoms with Gasteiger partial charge in [-0.15, -0.1) is 0 Å². The van der Waals surface area contributed by atoms with E-state index in [2.05, 4.69) is 18.7 Å². The van der Waals surface area contributed by atoms with Gasteiger partial charge in [-0.1, -0.05) is 26.0 Å². The van der Waals surface area contributed by atoms with Crippen molar-refractivity contribution >= 4 is 5.69 Å². The number of halogens is 1. The summed E-state index contributed by atoms with van der Waals surface area (Å²) in [5, 5.41) is 0. The predicted octanol–water partition coefficient (Wildman–Crippen LogP) is 3.42. The highest BCUT2D eigenvalue weighted by molar-refractivity contribution is 5.50. The number of benzene rings is 1. The van der Waals surface area contributed by atoms with Crippen LogP contribution in [0.2, 0.25) is 0 Å². The first kappa shape index (κ1) is 14.3. The van der Waals surface area contributed by atoms with Crippen molar-refractivity contribution in [2.45, 2.75) is 38.6 Å². The second-order valence-electron chi connectivity index (χ2n) is 6.10. The first-order valence-corrected chi connectivity index (χ1v) is 7.19. The maximum atomic E-state index is 14.0. The lowest BCUT2D eigenvalue weighted by Gasteiger charge is -2.51. The molecule has 0 amide bonds. The van der Waals surface area contributed by atoms with Crippen molar-refractivity contribution in [2.24, 2.45) is 17.6 Å². The van der Waals surface area contributed by atoms with E-state index >= 15 is 0 Å². The van der Waals surface area contributed by atoms with Crippen molar-refractivity contribution in [3.8, 4) is 0 Å². The fourth-order valence-corrected chi connectivity index (χ4v) is 3.59. The Morgan fingerprint density at radius 2 is 2.05 bits per heavy atom. The van der Waals surface area contributed by atoms with Gasteiger partial charge in [0.25, 0.3) is 0 Å². The summed E-state index contributed by atoms with van der Waals surface area (Å²) >= 11 is 0. The normalized spacial score (nSPS) is 31.2. The third-order valence-electron chi connectivity index (χ3n) is 4.98. The van der Waals surface area contributed by atoms with E-state index in [0.29, 0.717) is 18.2 Å². The fourth-order valence-electron chi connectivity index (χ4n) is 3.59. The van der Waals surface area contributed by atoms with Crippen LogP contribution in [0.3, 0.4) is 0 Å². The van der Waals surface area contributed by atoms with Crippen LogP contribution in [0.1, 0.15) is 33.1 Å². The van der Waals surface area contributed by atoms with Crippen molar-refractivity contribution < 1.29 is 4.39 Å². The molecule has 1 aromatic carbocycles. The summed E-state index contributed by atoms with van der Waals surface area (Å²) in [6.45, 7) is 5.12. The predicted molar refractivity (Wildman–Crippen MR) is 78.8 cm³/mol. The minimum atomic E-state index is -0.163. The highest BCUT2D eigenvalue weighted by Gasteiger charge is 2.43. The molecular formula is C16H25FN2. The van der Waals surface area contributed by atoms with Gasteiger partial charge in [-0.2, -0.15) is 0 Å². The van der Waals surface area contributed by atoms with Crippen LogP contribution >= 0.6 is 0 Å². The Balaban J connectivity index is 2.33. The van der Waals surface area contributed by atoms with Crippen LogP contribution in [0, 0.1) is 17.7 Å². The lowest BCUT2D eigenvalue weighted by Crippen LogP contribution is -2.59. The second-order valence-corrected chi connectivity index (χ2v) is 6.10. The molecule has 106 valence electrons. The summed E-state index contributed by atoms with van der Waals surface area (Å²) in [5.74, 6) is 1.05. The van der Waals surface area contributed by atoms with Crippen LogP contribution in [0.5, 0.6) is 0 Å². The number of hydrogen-bond donors (Lipinski definition) is 1. The molecule has 3 unspecified atom stereocenters. The molecule has 1 aromatic rings. The number of nitrogens with zero attached hydrogens (tertiary/aromatic N) is 1. The van der Waals surface area contributed by atoms with E-state index in [4.69, 9.17) is 5.73 Å². The maximum absolute atomic E-state index is 14.0. The zero-order chi connectivity index (χ0) is 14.0. The molecule has 1 saturated carbocycles. The van der Waals surface area contributed by atoms with E-state index in [-0.39, 0.29) is 11.4 Å². The topological polar surface area (TPSA) is 29.3 Å². The minimum absolute atomic E-state index is 0.116. The van der Waals surface area contributed by atoms with Crippen LogP contribution < -0.4 is 10.6 Å². The van der Waals surface area contributed by atoms with Gasteiger partial charge in [-0.3, -0.25) is 0 Å². The number of para-hydroxylation sites is 1. The molecule has 0 spiro atoms. The standard InChI is InChI=1S/C16H25FN2/c1-12-8-9-16(11-18,13(2)10-12)19(3)15-7-5-4-6-14(15)17/h4-7,12-13H,8-11,18H2,1-3H3. The van der Waals surface area contributed by atoms with Crippen LogP contribution in [0.15, 0.2) is 24.3 Å². The monoisotopic (exact) mass is 264 g/mol. The highest BCUT2D eigenvalue weighted by Crippen LogP contribution is 2.42. The number of anilines is 1. The van der Waals surface area contributed by atoms with Crippen molar-refractivity contribution in [3.63, 3.8) is 0 Å². The quantitative estimate of drug-likeness (QED) is 0.906. The zero-order valence-electron chi connectivity index (χ0n) is 12.2. The number of nitrogens with two attached hydrogens (primary N) is 1. The molecule has 0 heterocycles. The smallest absolute Gasteiger partial charge is 0.146 e. The molecule has 0 saturated heterocycles. The number of hydrogen-bond acceptors (Lipinski definition) is 2. The Hall–Kier alpha value is -1.09. The van der Waals surface area contributed by atoms with Crippen LogP contribution in [0.4, 0.5) is 10.1 Å². The van der Waals surface area contributed by atoms with Gasteiger partial charge < -0.3 is 10.6 Å². The van der Waals surface area contributed by atoms with E-state index in [9.17, 15) is 4.39 Å². The average Bonchev–Trinajstić information content (AvgIpc) is 2.39. The molecule has 3 atom stereocenters. The van der Waals surface area contributed by atoms with Gasteiger partial charge in [0.15, 0.2) is 0 Å². The lowest BCUT2D eigenvalue weighted by molar-refractivity contribution is 0.163. The maximum Gasteiger partial charge on any atom is 0.146 e. The minimum Gasteiger partial charge on any atom is -0.365 e. The number of likely N-dealkylation sites (N-methyl/N-ethyl adjacent to an activating group) is 1. The van der Waals surface area contributed by atoms with Gasteiger partial charge in [0.2, 0.25) is 0 Å². The van der Waals surface area contributed by atoms with Gasteiger partial charge >= 0.3 is 0 Å². The second kappa shape index (κ2) is 5.49. The highest BCUT2D eigenvalue weighted by atomic mass is 19.1. The number of rotatable bonds is 3. The van der Waals surface area contributed by atoms with Crippen LogP contribution in [-0.2, 0) is 0 Å². The lowest BCUT2D eigenvalue weighted by atomic mass is 9.69. The van der Waals surface area contributed by atoms with Crippen LogP contribution in [-0.4, -0.2) is 19.1 Å². The molecular weight excluding hydrogens is 239 g/mol. The third-order valence-corrected chi connectivity index (χ3v) is 4.98. The van der Waals surface area contributed by atoms with E-state index in [1.165, 1.54) is 12.5 Å². The first-order chi connectivity index (χ1) is 9.01. The first-order valence-electron chi connectivity index (χ1n) is 7.19.